The summed E-state index contributed by atoms with van der Waals surface area (Å²) in [6.45, 7) is 0. The highest BCUT2D eigenvalue weighted by Gasteiger charge is 2.23. The number of thiocarbonyl (C=S) groups is 1. The molecule has 0 aliphatic carbocycles. The summed E-state index contributed by atoms with van der Waals surface area (Å²) >= 11 is 6.24. The van der Waals surface area contributed by atoms with Crippen molar-refractivity contribution < 1.29 is 4.79 Å². The number of rotatable bonds is 3. The smallest absolute Gasteiger partial charge is 0.185 e. The molecule has 0 saturated heterocycles. The highest BCUT2D eigenvalue weighted by Crippen LogP contribution is 2.16. The van der Waals surface area contributed by atoms with Gasteiger partial charge in [0.2, 0.25) is 0 Å². The molecule has 1 aromatic rings. The van der Waals surface area contributed by atoms with Gasteiger partial charge in [-0.15, -0.1) is 11.8 Å². The van der Waals surface area contributed by atoms with E-state index in [1.807, 2.05) is 12.1 Å². The van der Waals surface area contributed by atoms with Crippen LogP contribution in [0.5, 0.6) is 0 Å². The summed E-state index contributed by atoms with van der Waals surface area (Å²) in [5, 5.41) is 8.89. The Kier molecular flexibility index (Phi) is 4.47. The molecule has 1 atom stereocenters. The van der Waals surface area contributed by atoms with Gasteiger partial charge in [0.1, 0.15) is 0 Å². The Balaban J connectivity index is 2.94. The second-order valence-corrected chi connectivity index (χ2v) is 4.36. The molecule has 0 saturated carbocycles. The van der Waals surface area contributed by atoms with E-state index >= 15 is 0 Å². The van der Waals surface area contributed by atoms with E-state index in [4.69, 9.17) is 17.5 Å². The van der Waals surface area contributed by atoms with Gasteiger partial charge in [-0.05, 0) is 6.26 Å². The van der Waals surface area contributed by atoms with Gasteiger partial charge in [0.05, 0.1) is 10.3 Å². The number of nitriles is 1. The standard InChI is InChI=1S/C11H9NOS2/c1-15-11(14)9(7-12)10(13)8-5-3-2-4-6-8/h2-6,9H,1H3. The Hall–Kier alpha value is -1.18. The first-order valence-corrected chi connectivity index (χ1v) is 5.90. The first-order valence-electron chi connectivity index (χ1n) is 4.27. The molecule has 0 heterocycles. The van der Waals surface area contributed by atoms with Gasteiger partial charge >= 0.3 is 0 Å². The van der Waals surface area contributed by atoms with Crippen LogP contribution in [0.3, 0.4) is 0 Å². The molecule has 0 fully saturated rings. The van der Waals surface area contributed by atoms with Gasteiger partial charge in [-0.1, -0.05) is 42.5 Å². The van der Waals surface area contributed by atoms with E-state index in [0.29, 0.717) is 9.76 Å². The van der Waals surface area contributed by atoms with Crippen molar-refractivity contribution in [1.29, 1.82) is 5.26 Å². The summed E-state index contributed by atoms with van der Waals surface area (Å²) in [5.41, 5.74) is 0.528. The van der Waals surface area contributed by atoms with Gasteiger partial charge in [0, 0.05) is 5.56 Å². The minimum atomic E-state index is -0.822. The molecule has 1 rings (SSSR count). The van der Waals surface area contributed by atoms with E-state index in [2.05, 4.69) is 0 Å². The van der Waals surface area contributed by atoms with Gasteiger partial charge < -0.3 is 0 Å². The summed E-state index contributed by atoms with van der Waals surface area (Å²) in [4.78, 5) is 11.9. The molecule has 2 nitrogen and oxygen atoms in total. The van der Waals surface area contributed by atoms with Gasteiger partial charge in [0.15, 0.2) is 11.7 Å². The van der Waals surface area contributed by atoms with Gasteiger partial charge in [-0.3, -0.25) is 4.79 Å². The summed E-state index contributed by atoms with van der Waals surface area (Å²) in [5.74, 6) is -1.05. The number of nitrogens with zero attached hydrogens (tertiary/aromatic N) is 1. The van der Waals surface area contributed by atoms with E-state index in [0.717, 1.165) is 0 Å². The maximum Gasteiger partial charge on any atom is 0.185 e. The van der Waals surface area contributed by atoms with Crippen LogP contribution in [0.1, 0.15) is 10.4 Å². The topological polar surface area (TPSA) is 40.9 Å². The molecular formula is C11H9NOS2. The van der Waals surface area contributed by atoms with Crippen LogP contribution in [0.15, 0.2) is 30.3 Å². The first-order chi connectivity index (χ1) is 7.20. The number of hydrogen-bond donors (Lipinski definition) is 0. The lowest BCUT2D eigenvalue weighted by Gasteiger charge is -2.06. The van der Waals surface area contributed by atoms with E-state index in [1.165, 1.54) is 11.8 Å². The second kappa shape index (κ2) is 5.64. The number of carbonyl (C=O) groups is 1. The largest absolute Gasteiger partial charge is 0.292 e. The summed E-state index contributed by atoms with van der Waals surface area (Å²) in [6.07, 6.45) is 1.77. The number of benzene rings is 1. The van der Waals surface area contributed by atoms with Crippen LogP contribution in [-0.2, 0) is 0 Å². The van der Waals surface area contributed by atoms with E-state index in [1.54, 1.807) is 30.5 Å². The van der Waals surface area contributed by atoms with Crippen LogP contribution in [0, 0.1) is 17.2 Å². The van der Waals surface area contributed by atoms with Crippen LogP contribution in [0.4, 0.5) is 0 Å². The van der Waals surface area contributed by atoms with Crippen molar-refractivity contribution in [3.63, 3.8) is 0 Å². The Bertz CT molecular complexity index is 408. The van der Waals surface area contributed by atoms with E-state index in [-0.39, 0.29) is 5.78 Å². The summed E-state index contributed by atoms with van der Waals surface area (Å²) in [6, 6.07) is 10.7. The quantitative estimate of drug-likeness (QED) is 0.596. The lowest BCUT2D eigenvalue weighted by Crippen LogP contribution is -2.18. The second-order valence-electron chi connectivity index (χ2n) is 2.82. The van der Waals surface area contributed by atoms with Crippen LogP contribution in [0.2, 0.25) is 0 Å². The molecule has 0 amide bonds. The minimum absolute atomic E-state index is 0.225. The number of thioether (sulfide) groups is 1. The Morgan fingerprint density at radius 1 is 1.47 bits per heavy atom. The normalized spacial score (nSPS) is 11.5. The lowest BCUT2D eigenvalue weighted by atomic mass is 10.0. The zero-order chi connectivity index (χ0) is 11.3. The number of ketones is 1. The maximum atomic E-state index is 11.9. The van der Waals surface area contributed by atoms with Gasteiger partial charge in [-0.25, -0.2) is 0 Å². The molecule has 0 aromatic heterocycles. The Morgan fingerprint density at radius 3 is 2.53 bits per heavy atom. The van der Waals surface area contributed by atoms with Crippen molar-refractivity contribution in [2.24, 2.45) is 5.92 Å². The van der Waals surface area contributed by atoms with Crippen LogP contribution in [-0.4, -0.2) is 16.2 Å². The lowest BCUT2D eigenvalue weighted by molar-refractivity contribution is 0.0977. The summed E-state index contributed by atoms with van der Waals surface area (Å²) < 4.78 is 0.423. The molecule has 1 aromatic carbocycles. The monoisotopic (exact) mass is 235 g/mol. The molecule has 0 aliphatic rings. The average Bonchev–Trinajstić information content (AvgIpc) is 2.30. The number of hydrogen-bond acceptors (Lipinski definition) is 4. The third-order valence-corrected chi connectivity index (χ3v) is 3.26. The Morgan fingerprint density at radius 2 is 2.07 bits per heavy atom. The van der Waals surface area contributed by atoms with E-state index in [9.17, 15) is 4.79 Å². The zero-order valence-corrected chi connectivity index (χ0v) is 9.77. The van der Waals surface area contributed by atoms with Crippen molar-refractivity contribution in [1.82, 2.24) is 0 Å². The third kappa shape index (κ3) is 2.88. The van der Waals surface area contributed by atoms with Crippen molar-refractivity contribution in [3.8, 4) is 6.07 Å². The van der Waals surface area contributed by atoms with E-state index < -0.39 is 5.92 Å². The molecule has 0 bridgehead atoms. The molecular weight excluding hydrogens is 226 g/mol. The summed E-state index contributed by atoms with van der Waals surface area (Å²) in [7, 11) is 0. The van der Waals surface area contributed by atoms with Crippen molar-refractivity contribution >= 4 is 34.0 Å². The number of carbonyl (C=O) groups excluding carboxylic acids is 1. The van der Waals surface area contributed by atoms with Crippen LogP contribution in [0.25, 0.3) is 0 Å². The average molecular weight is 235 g/mol. The molecule has 0 N–H and O–H groups in total. The third-order valence-electron chi connectivity index (χ3n) is 1.89. The fourth-order valence-electron chi connectivity index (χ4n) is 1.11. The zero-order valence-electron chi connectivity index (χ0n) is 8.14. The molecule has 0 spiro atoms. The predicted octanol–water partition coefficient (Wildman–Crippen LogP) is 2.70. The highest BCUT2D eigenvalue weighted by atomic mass is 32.2. The molecule has 15 heavy (non-hydrogen) atoms. The predicted molar refractivity (Wildman–Crippen MR) is 66.0 cm³/mol. The molecule has 4 heteroatoms. The van der Waals surface area contributed by atoms with Gasteiger partial charge in [-0.2, -0.15) is 5.26 Å². The van der Waals surface area contributed by atoms with Crippen LogP contribution < -0.4 is 0 Å². The molecule has 0 aliphatic heterocycles. The molecule has 1 unspecified atom stereocenters. The maximum absolute atomic E-state index is 11.9. The van der Waals surface area contributed by atoms with Crippen molar-refractivity contribution in [2.45, 2.75) is 0 Å². The number of Topliss-reactive ketones (excluding diaryl/α,β-unsaturated/α-hetero) is 1. The minimum Gasteiger partial charge on any atom is -0.292 e. The van der Waals surface area contributed by atoms with Crippen molar-refractivity contribution in [2.75, 3.05) is 6.26 Å². The molecule has 76 valence electrons. The SMILES string of the molecule is CSC(=S)C(C#N)C(=O)c1ccccc1. The Labute approximate surface area is 98.3 Å². The van der Waals surface area contributed by atoms with Gasteiger partial charge in [0.25, 0.3) is 0 Å². The van der Waals surface area contributed by atoms with Crippen molar-refractivity contribution in [3.05, 3.63) is 35.9 Å². The molecule has 0 radical (unpaired) electrons. The first kappa shape index (κ1) is 11.9. The fourth-order valence-corrected chi connectivity index (χ4v) is 1.66. The highest BCUT2D eigenvalue weighted by molar-refractivity contribution is 8.22. The fraction of sp³-hybridized carbons (Fsp3) is 0.182. The van der Waals surface area contributed by atoms with Crippen LogP contribution >= 0.6 is 24.0 Å².